The highest BCUT2D eigenvalue weighted by Crippen LogP contribution is 2.28. The molecule has 2 aromatic carbocycles. The van der Waals surface area contributed by atoms with Gasteiger partial charge in [-0.15, -0.1) is 0 Å². The summed E-state index contributed by atoms with van der Waals surface area (Å²) < 4.78 is 5.25. The van der Waals surface area contributed by atoms with Crippen molar-refractivity contribution in [3.05, 3.63) is 42.0 Å². The number of nitrogens with one attached hydrogen (secondary N) is 3. The van der Waals surface area contributed by atoms with Gasteiger partial charge in [0.25, 0.3) is 5.91 Å². The number of aromatic nitrogens is 4. The maximum absolute atomic E-state index is 12.3. The van der Waals surface area contributed by atoms with Crippen LogP contribution in [0.25, 0.3) is 33.5 Å². The molecular formula is C19H20N6O2. The Morgan fingerprint density at radius 1 is 1.22 bits per heavy atom. The van der Waals surface area contributed by atoms with Crippen LogP contribution in [0.15, 0.2) is 36.4 Å². The number of imidazole rings is 1. The van der Waals surface area contributed by atoms with E-state index in [-0.39, 0.29) is 5.91 Å². The molecule has 0 fully saturated rings. The van der Waals surface area contributed by atoms with Crippen molar-refractivity contribution < 1.29 is 9.53 Å². The fourth-order valence-corrected chi connectivity index (χ4v) is 2.97. The molecule has 4 aromatic rings. The molecule has 2 aromatic heterocycles. The highest BCUT2D eigenvalue weighted by molar-refractivity contribution is 6.01. The number of aromatic amines is 2. The zero-order chi connectivity index (χ0) is 18.8. The molecule has 138 valence electrons. The molecule has 0 bridgehead atoms. The number of H-pyrrole nitrogens is 2. The van der Waals surface area contributed by atoms with Gasteiger partial charge < -0.3 is 20.8 Å². The summed E-state index contributed by atoms with van der Waals surface area (Å²) in [5, 5.41) is 11.1. The minimum atomic E-state index is -0.133. The van der Waals surface area contributed by atoms with Crippen LogP contribution in [0, 0.1) is 0 Å². The lowest BCUT2D eigenvalue weighted by Crippen LogP contribution is -2.25. The summed E-state index contributed by atoms with van der Waals surface area (Å²) in [6, 6.07) is 11.1. The van der Waals surface area contributed by atoms with Crippen LogP contribution in [0.4, 0.5) is 0 Å². The molecule has 27 heavy (non-hydrogen) atoms. The Kier molecular flexibility index (Phi) is 4.47. The van der Waals surface area contributed by atoms with Gasteiger partial charge in [-0.25, -0.2) is 4.98 Å². The maximum atomic E-state index is 12.3. The first-order valence-corrected chi connectivity index (χ1v) is 8.70. The fraction of sp³-hybridized carbons (Fsp3) is 0.211. The van der Waals surface area contributed by atoms with E-state index in [0.29, 0.717) is 30.2 Å². The molecule has 0 aliphatic rings. The average molecular weight is 364 g/mol. The molecule has 2 heterocycles. The summed E-state index contributed by atoms with van der Waals surface area (Å²) >= 11 is 0. The number of fused-ring (bicyclic) bond motifs is 2. The number of rotatable bonds is 6. The number of methoxy groups -OCH3 is 1. The van der Waals surface area contributed by atoms with E-state index in [1.807, 2.05) is 30.3 Å². The third-order valence-electron chi connectivity index (χ3n) is 4.40. The van der Waals surface area contributed by atoms with E-state index in [1.165, 1.54) is 0 Å². The van der Waals surface area contributed by atoms with Gasteiger partial charge in [0.05, 0.1) is 23.7 Å². The quantitative estimate of drug-likeness (QED) is 0.391. The van der Waals surface area contributed by atoms with Gasteiger partial charge in [0.2, 0.25) is 0 Å². The molecule has 0 atom stereocenters. The van der Waals surface area contributed by atoms with Crippen molar-refractivity contribution in [1.29, 1.82) is 0 Å². The number of hydrogen-bond acceptors (Lipinski definition) is 5. The van der Waals surface area contributed by atoms with Gasteiger partial charge in [-0.1, -0.05) is 0 Å². The Bertz CT molecular complexity index is 1110. The first-order chi connectivity index (χ1) is 13.2. The van der Waals surface area contributed by atoms with E-state index < -0.39 is 0 Å². The monoisotopic (exact) mass is 364 g/mol. The minimum absolute atomic E-state index is 0.133. The Morgan fingerprint density at radius 3 is 2.93 bits per heavy atom. The van der Waals surface area contributed by atoms with Crippen molar-refractivity contribution in [2.75, 3.05) is 20.2 Å². The normalized spacial score (nSPS) is 11.2. The highest BCUT2D eigenvalue weighted by atomic mass is 16.5. The highest BCUT2D eigenvalue weighted by Gasteiger charge is 2.15. The van der Waals surface area contributed by atoms with Gasteiger partial charge in [0.1, 0.15) is 11.4 Å². The second-order valence-electron chi connectivity index (χ2n) is 6.20. The van der Waals surface area contributed by atoms with Crippen LogP contribution in [0.1, 0.15) is 16.8 Å². The van der Waals surface area contributed by atoms with Crippen molar-refractivity contribution >= 4 is 27.8 Å². The van der Waals surface area contributed by atoms with Gasteiger partial charge in [0, 0.05) is 23.6 Å². The van der Waals surface area contributed by atoms with Crippen molar-refractivity contribution in [3.63, 3.8) is 0 Å². The summed E-state index contributed by atoms with van der Waals surface area (Å²) in [5.41, 5.74) is 9.21. The summed E-state index contributed by atoms with van der Waals surface area (Å²) in [6.45, 7) is 1.10. The maximum Gasteiger partial charge on any atom is 0.251 e. The molecule has 8 nitrogen and oxygen atoms in total. The van der Waals surface area contributed by atoms with E-state index in [0.717, 1.165) is 34.1 Å². The molecule has 0 spiro atoms. The Morgan fingerprint density at radius 2 is 2.11 bits per heavy atom. The van der Waals surface area contributed by atoms with Crippen LogP contribution < -0.4 is 15.8 Å². The van der Waals surface area contributed by atoms with E-state index in [4.69, 9.17) is 10.5 Å². The van der Waals surface area contributed by atoms with Crippen LogP contribution in [-0.4, -0.2) is 46.3 Å². The second-order valence-corrected chi connectivity index (χ2v) is 6.20. The first-order valence-electron chi connectivity index (χ1n) is 8.70. The zero-order valence-electron chi connectivity index (χ0n) is 14.9. The number of nitrogens with zero attached hydrogens (tertiary/aromatic N) is 2. The van der Waals surface area contributed by atoms with Gasteiger partial charge in [0.15, 0.2) is 5.82 Å². The predicted octanol–water partition coefficient (Wildman–Crippen LogP) is 2.19. The third kappa shape index (κ3) is 3.22. The van der Waals surface area contributed by atoms with Crippen LogP contribution in [0.3, 0.4) is 0 Å². The number of ether oxygens (including phenoxy) is 1. The lowest BCUT2D eigenvalue weighted by atomic mass is 10.1. The predicted molar refractivity (Wildman–Crippen MR) is 104 cm³/mol. The van der Waals surface area contributed by atoms with Crippen molar-refractivity contribution in [3.8, 4) is 17.3 Å². The van der Waals surface area contributed by atoms with Gasteiger partial charge in [-0.2, -0.15) is 5.10 Å². The number of carbonyl (C=O) groups excluding carboxylic acids is 1. The molecule has 0 saturated carbocycles. The molecule has 0 aliphatic heterocycles. The molecule has 8 heteroatoms. The van der Waals surface area contributed by atoms with E-state index in [1.54, 1.807) is 13.2 Å². The van der Waals surface area contributed by atoms with Crippen LogP contribution in [0.2, 0.25) is 0 Å². The van der Waals surface area contributed by atoms with Crippen LogP contribution >= 0.6 is 0 Å². The lowest BCUT2D eigenvalue weighted by molar-refractivity contribution is 0.0953. The summed E-state index contributed by atoms with van der Waals surface area (Å²) in [5.74, 6) is 1.25. The van der Waals surface area contributed by atoms with E-state index in [2.05, 4.69) is 25.5 Å². The fourth-order valence-electron chi connectivity index (χ4n) is 2.97. The van der Waals surface area contributed by atoms with Crippen molar-refractivity contribution in [2.24, 2.45) is 5.73 Å². The lowest BCUT2D eigenvalue weighted by Gasteiger charge is -2.04. The van der Waals surface area contributed by atoms with Gasteiger partial charge >= 0.3 is 0 Å². The average Bonchev–Trinajstić information content (AvgIpc) is 3.30. The van der Waals surface area contributed by atoms with E-state index in [9.17, 15) is 4.79 Å². The molecule has 1 amide bonds. The van der Waals surface area contributed by atoms with Crippen molar-refractivity contribution in [1.82, 2.24) is 25.5 Å². The Labute approximate surface area is 155 Å². The smallest absolute Gasteiger partial charge is 0.251 e. The number of amides is 1. The molecule has 0 unspecified atom stereocenters. The largest absolute Gasteiger partial charge is 0.497 e. The van der Waals surface area contributed by atoms with Crippen molar-refractivity contribution in [2.45, 2.75) is 6.42 Å². The molecule has 0 radical (unpaired) electrons. The summed E-state index contributed by atoms with van der Waals surface area (Å²) in [4.78, 5) is 20.2. The number of benzene rings is 2. The Hall–Kier alpha value is -3.39. The van der Waals surface area contributed by atoms with Crippen LogP contribution in [-0.2, 0) is 0 Å². The first kappa shape index (κ1) is 17.0. The third-order valence-corrected chi connectivity index (χ3v) is 4.40. The standard InChI is InChI=1S/C19H20N6O2/c1-27-12-4-6-15-16(10-12)23-18(22-15)17-13-9-11(3-5-14(13)24-25-17)19(26)21-8-2-7-20/h3-6,9-10H,2,7-8,20H2,1H3,(H,21,26)(H,22,23)(H,24,25). The topological polar surface area (TPSA) is 122 Å². The number of nitrogens with two attached hydrogens (primary N) is 1. The zero-order valence-corrected chi connectivity index (χ0v) is 14.9. The summed E-state index contributed by atoms with van der Waals surface area (Å²) in [7, 11) is 1.62. The molecular weight excluding hydrogens is 344 g/mol. The molecule has 5 N–H and O–H groups in total. The number of hydrogen-bond donors (Lipinski definition) is 4. The Balaban J connectivity index is 1.71. The molecule has 0 aliphatic carbocycles. The van der Waals surface area contributed by atoms with Gasteiger partial charge in [-0.3, -0.25) is 9.89 Å². The van der Waals surface area contributed by atoms with Gasteiger partial charge in [-0.05, 0) is 43.3 Å². The van der Waals surface area contributed by atoms with E-state index >= 15 is 0 Å². The molecule has 4 rings (SSSR count). The van der Waals surface area contributed by atoms with Crippen LogP contribution in [0.5, 0.6) is 5.75 Å². The summed E-state index contributed by atoms with van der Waals surface area (Å²) in [6.07, 6.45) is 0.743. The molecule has 0 saturated heterocycles. The minimum Gasteiger partial charge on any atom is -0.497 e. The SMILES string of the molecule is COc1ccc2nc(-c3n[nH]c4ccc(C(=O)NCCCN)cc34)[nH]c2c1. The second kappa shape index (κ2) is 7.08. The number of carbonyl (C=O) groups is 1.